The molecule has 5 heteroatoms. The highest BCUT2D eigenvalue weighted by atomic mass is 35.5. The molecule has 0 amide bonds. The zero-order valence-corrected chi connectivity index (χ0v) is 13.3. The van der Waals surface area contributed by atoms with Crippen LogP contribution in [0.2, 0.25) is 5.02 Å². The van der Waals surface area contributed by atoms with E-state index in [4.69, 9.17) is 16.3 Å². The van der Waals surface area contributed by atoms with Crippen molar-refractivity contribution >= 4 is 24.0 Å². The first-order valence-electron chi connectivity index (χ1n) is 6.67. The van der Waals surface area contributed by atoms with E-state index >= 15 is 0 Å². The van der Waals surface area contributed by atoms with Gasteiger partial charge in [0.1, 0.15) is 12.4 Å². The first-order chi connectivity index (χ1) is 9.19. The van der Waals surface area contributed by atoms with E-state index < -0.39 is 0 Å². The normalized spacial score (nSPS) is 19.2. The summed E-state index contributed by atoms with van der Waals surface area (Å²) in [4.78, 5) is 2.44. The summed E-state index contributed by atoms with van der Waals surface area (Å²) in [6, 6.07) is 6.57. The molecule has 1 saturated heterocycles. The van der Waals surface area contributed by atoms with E-state index in [0.717, 1.165) is 31.9 Å². The summed E-state index contributed by atoms with van der Waals surface area (Å²) in [6.45, 7) is 10.5. The van der Waals surface area contributed by atoms with Crippen molar-refractivity contribution in [2.75, 3.05) is 26.2 Å². The quantitative estimate of drug-likeness (QED) is 0.845. The van der Waals surface area contributed by atoms with E-state index in [0.29, 0.717) is 17.7 Å². The fourth-order valence-corrected chi connectivity index (χ4v) is 2.58. The Morgan fingerprint density at radius 3 is 3.00 bits per heavy atom. The number of rotatable bonds is 5. The molecule has 2 rings (SSSR count). The number of nitrogens with one attached hydrogen (secondary N) is 1. The smallest absolute Gasteiger partial charge is 0.138 e. The van der Waals surface area contributed by atoms with E-state index in [1.165, 1.54) is 5.56 Å². The highest BCUT2D eigenvalue weighted by molar-refractivity contribution is 6.32. The van der Waals surface area contributed by atoms with E-state index in [2.05, 4.69) is 29.8 Å². The monoisotopic (exact) mass is 316 g/mol. The third-order valence-corrected chi connectivity index (χ3v) is 3.51. The van der Waals surface area contributed by atoms with Gasteiger partial charge in [0.15, 0.2) is 0 Å². The lowest BCUT2D eigenvalue weighted by atomic mass is 10.1. The molecule has 0 aromatic heterocycles. The summed E-state index contributed by atoms with van der Waals surface area (Å²) in [6.07, 6.45) is 1.71. The molecule has 0 aliphatic carbocycles. The lowest BCUT2D eigenvalue weighted by Gasteiger charge is -2.31. The molecular formula is C15H22Cl2N2O. The zero-order valence-electron chi connectivity index (χ0n) is 11.8. The van der Waals surface area contributed by atoms with Crippen LogP contribution in [0.25, 0.3) is 0 Å². The third kappa shape index (κ3) is 4.98. The van der Waals surface area contributed by atoms with Crippen LogP contribution in [-0.2, 0) is 6.54 Å². The Morgan fingerprint density at radius 1 is 1.55 bits per heavy atom. The van der Waals surface area contributed by atoms with Crippen LogP contribution in [0.4, 0.5) is 0 Å². The van der Waals surface area contributed by atoms with Gasteiger partial charge in [-0.15, -0.1) is 12.4 Å². The van der Waals surface area contributed by atoms with Gasteiger partial charge in [0.05, 0.1) is 5.02 Å². The van der Waals surface area contributed by atoms with E-state index in [9.17, 15) is 0 Å². The average molecular weight is 317 g/mol. The molecule has 0 radical (unpaired) electrons. The summed E-state index contributed by atoms with van der Waals surface area (Å²) < 4.78 is 5.47. The van der Waals surface area contributed by atoms with Crippen LogP contribution in [-0.4, -0.2) is 37.2 Å². The van der Waals surface area contributed by atoms with Crippen molar-refractivity contribution in [2.45, 2.75) is 19.5 Å². The predicted molar refractivity (Wildman–Crippen MR) is 87.1 cm³/mol. The second-order valence-corrected chi connectivity index (χ2v) is 5.36. The molecular weight excluding hydrogens is 295 g/mol. The van der Waals surface area contributed by atoms with Crippen LogP contribution in [0.3, 0.4) is 0 Å². The predicted octanol–water partition coefficient (Wildman–Crippen LogP) is 3.12. The van der Waals surface area contributed by atoms with Crippen molar-refractivity contribution in [3.05, 3.63) is 41.4 Å². The van der Waals surface area contributed by atoms with Crippen molar-refractivity contribution in [2.24, 2.45) is 0 Å². The summed E-state index contributed by atoms with van der Waals surface area (Å²) in [5.41, 5.74) is 1.23. The molecule has 3 nitrogen and oxygen atoms in total. The minimum atomic E-state index is 0. The molecule has 0 saturated carbocycles. The highest BCUT2D eigenvalue weighted by Crippen LogP contribution is 2.26. The molecule has 1 aromatic rings. The second-order valence-electron chi connectivity index (χ2n) is 4.95. The van der Waals surface area contributed by atoms with Crippen LogP contribution >= 0.6 is 24.0 Å². The number of nitrogens with zero attached hydrogens (tertiary/aromatic N) is 1. The first-order valence-corrected chi connectivity index (χ1v) is 7.04. The Morgan fingerprint density at radius 2 is 2.35 bits per heavy atom. The first kappa shape index (κ1) is 17.3. The van der Waals surface area contributed by atoms with Gasteiger partial charge < -0.3 is 10.1 Å². The topological polar surface area (TPSA) is 24.5 Å². The molecule has 0 spiro atoms. The number of hydrogen-bond donors (Lipinski definition) is 1. The molecule has 0 unspecified atom stereocenters. The maximum atomic E-state index is 6.22. The SMILES string of the molecule is C=CCOc1ccc(CN2CCN[C@H](C)C2)cc1Cl.Cl. The van der Waals surface area contributed by atoms with Gasteiger partial charge in [-0.05, 0) is 24.6 Å². The Hall–Kier alpha value is -0.740. The molecule has 1 aromatic carbocycles. The van der Waals surface area contributed by atoms with Crippen LogP contribution in [0.15, 0.2) is 30.9 Å². The maximum Gasteiger partial charge on any atom is 0.138 e. The molecule has 1 heterocycles. The molecule has 1 N–H and O–H groups in total. The van der Waals surface area contributed by atoms with Crippen molar-refractivity contribution in [3.63, 3.8) is 0 Å². The Balaban J connectivity index is 0.00000200. The molecule has 112 valence electrons. The Kier molecular flexibility index (Phi) is 7.38. The van der Waals surface area contributed by atoms with Gasteiger partial charge in [0, 0.05) is 32.2 Å². The van der Waals surface area contributed by atoms with Gasteiger partial charge in [-0.3, -0.25) is 4.90 Å². The van der Waals surface area contributed by atoms with Gasteiger partial charge in [-0.25, -0.2) is 0 Å². The standard InChI is InChI=1S/C15H21ClN2O.ClH/c1-3-8-19-15-5-4-13(9-14(15)16)11-18-7-6-17-12(2)10-18;/h3-5,9,12,17H,1,6-8,10-11H2,2H3;1H/t12-;/m1./s1. The molecule has 20 heavy (non-hydrogen) atoms. The second kappa shape index (κ2) is 8.53. The van der Waals surface area contributed by atoms with Crippen LogP contribution in [0, 0.1) is 0 Å². The number of hydrogen-bond acceptors (Lipinski definition) is 3. The van der Waals surface area contributed by atoms with Gasteiger partial charge in [0.25, 0.3) is 0 Å². The Labute approximate surface area is 132 Å². The Bertz CT molecular complexity index is 440. The minimum absolute atomic E-state index is 0. The fourth-order valence-electron chi connectivity index (χ4n) is 2.32. The molecule has 1 atom stereocenters. The van der Waals surface area contributed by atoms with Crippen LogP contribution in [0.1, 0.15) is 12.5 Å². The fraction of sp³-hybridized carbons (Fsp3) is 0.467. The van der Waals surface area contributed by atoms with Crippen molar-refractivity contribution in [1.29, 1.82) is 0 Å². The largest absolute Gasteiger partial charge is 0.488 e. The lowest BCUT2D eigenvalue weighted by Crippen LogP contribution is -2.48. The molecule has 1 fully saturated rings. The lowest BCUT2D eigenvalue weighted by molar-refractivity contribution is 0.199. The zero-order chi connectivity index (χ0) is 13.7. The van der Waals surface area contributed by atoms with Gasteiger partial charge in [0.2, 0.25) is 0 Å². The van der Waals surface area contributed by atoms with E-state index in [1.807, 2.05) is 12.1 Å². The molecule has 0 bridgehead atoms. The average Bonchev–Trinajstić information content (AvgIpc) is 2.38. The summed E-state index contributed by atoms with van der Waals surface area (Å²) in [5.74, 6) is 0.721. The summed E-state index contributed by atoms with van der Waals surface area (Å²) in [5, 5.41) is 4.11. The van der Waals surface area contributed by atoms with Crippen molar-refractivity contribution in [3.8, 4) is 5.75 Å². The van der Waals surface area contributed by atoms with Crippen molar-refractivity contribution in [1.82, 2.24) is 10.2 Å². The van der Waals surface area contributed by atoms with Crippen molar-refractivity contribution < 1.29 is 4.74 Å². The molecule has 1 aliphatic heterocycles. The van der Waals surface area contributed by atoms with Gasteiger partial charge >= 0.3 is 0 Å². The third-order valence-electron chi connectivity index (χ3n) is 3.21. The van der Waals surface area contributed by atoms with E-state index in [1.54, 1.807) is 6.08 Å². The maximum absolute atomic E-state index is 6.22. The highest BCUT2D eigenvalue weighted by Gasteiger charge is 2.15. The number of piperazine rings is 1. The number of ether oxygens (including phenoxy) is 1. The van der Waals surface area contributed by atoms with Crippen LogP contribution in [0.5, 0.6) is 5.75 Å². The molecule has 1 aliphatic rings. The minimum Gasteiger partial charge on any atom is -0.488 e. The van der Waals surface area contributed by atoms with Crippen LogP contribution < -0.4 is 10.1 Å². The van der Waals surface area contributed by atoms with Gasteiger partial charge in [-0.1, -0.05) is 30.3 Å². The number of benzene rings is 1. The van der Waals surface area contributed by atoms with E-state index in [-0.39, 0.29) is 12.4 Å². The number of halogens is 2. The summed E-state index contributed by atoms with van der Waals surface area (Å²) in [7, 11) is 0. The summed E-state index contributed by atoms with van der Waals surface area (Å²) >= 11 is 6.22. The van der Waals surface area contributed by atoms with Gasteiger partial charge in [-0.2, -0.15) is 0 Å².